The molecular weight excluding hydrogens is 372 g/mol. The van der Waals surface area contributed by atoms with Gasteiger partial charge in [0.2, 0.25) is 5.91 Å². The van der Waals surface area contributed by atoms with Crippen LogP contribution in [0.4, 0.5) is 0 Å². The van der Waals surface area contributed by atoms with E-state index in [1.807, 2.05) is 46.7 Å². The average molecular weight is 401 g/mol. The Kier molecular flexibility index (Phi) is 6.78. The van der Waals surface area contributed by atoms with Gasteiger partial charge >= 0.3 is 0 Å². The molecule has 1 saturated heterocycles. The van der Waals surface area contributed by atoms with Gasteiger partial charge in [0, 0.05) is 25.2 Å². The number of hydrogen-bond acceptors (Lipinski definition) is 5. The summed E-state index contributed by atoms with van der Waals surface area (Å²) in [5.41, 5.74) is 0.950. The zero-order valence-electron chi connectivity index (χ0n) is 16.8. The molecule has 1 aromatic heterocycles. The number of likely N-dealkylation sites (tertiary alicyclic amines) is 1. The molecule has 3 rings (SSSR count). The monoisotopic (exact) mass is 400 g/mol. The first-order valence-corrected chi connectivity index (χ1v) is 10.6. The number of amides is 1. The molecule has 0 unspecified atom stereocenters. The highest BCUT2D eigenvalue weighted by atomic mass is 32.2. The third kappa shape index (κ3) is 4.58. The van der Waals surface area contributed by atoms with Crippen molar-refractivity contribution in [2.24, 2.45) is 5.92 Å². The van der Waals surface area contributed by atoms with Crippen molar-refractivity contribution in [1.29, 1.82) is 0 Å². The lowest BCUT2D eigenvalue weighted by atomic mass is 9.99. The molecular formula is C21H28N4O2S. The van der Waals surface area contributed by atoms with E-state index in [1.54, 1.807) is 7.11 Å². The van der Waals surface area contributed by atoms with Crippen molar-refractivity contribution in [3.8, 4) is 17.1 Å². The van der Waals surface area contributed by atoms with E-state index in [4.69, 9.17) is 4.74 Å². The van der Waals surface area contributed by atoms with Crippen LogP contribution in [0.1, 0.15) is 26.7 Å². The number of carbonyl (C=O) groups excluding carboxylic acids is 1. The molecule has 6 nitrogen and oxygen atoms in total. The number of ether oxygens (including phenoxy) is 1. The Bertz CT molecular complexity index is 810. The van der Waals surface area contributed by atoms with Crippen LogP contribution in [0.3, 0.4) is 0 Å². The van der Waals surface area contributed by atoms with Crippen molar-refractivity contribution in [2.45, 2.75) is 43.6 Å². The highest BCUT2D eigenvalue weighted by molar-refractivity contribution is 8.00. The van der Waals surface area contributed by atoms with Gasteiger partial charge < -0.3 is 9.64 Å². The minimum Gasteiger partial charge on any atom is -0.497 e. The predicted molar refractivity (Wildman–Crippen MR) is 113 cm³/mol. The van der Waals surface area contributed by atoms with Crippen LogP contribution in [0.5, 0.6) is 5.75 Å². The van der Waals surface area contributed by atoms with E-state index < -0.39 is 0 Å². The Morgan fingerprint density at radius 3 is 2.61 bits per heavy atom. The molecule has 2 aromatic rings. The molecule has 150 valence electrons. The zero-order chi connectivity index (χ0) is 20.1. The van der Waals surface area contributed by atoms with E-state index in [2.05, 4.69) is 23.7 Å². The first-order valence-electron chi connectivity index (χ1n) is 9.67. The van der Waals surface area contributed by atoms with Crippen molar-refractivity contribution in [1.82, 2.24) is 19.7 Å². The van der Waals surface area contributed by atoms with Gasteiger partial charge in [-0.15, -0.1) is 16.8 Å². The van der Waals surface area contributed by atoms with Gasteiger partial charge in [-0.05, 0) is 49.9 Å². The summed E-state index contributed by atoms with van der Waals surface area (Å²) in [5, 5.41) is 9.26. The van der Waals surface area contributed by atoms with Gasteiger partial charge in [-0.25, -0.2) is 0 Å². The topological polar surface area (TPSA) is 60.2 Å². The first kappa shape index (κ1) is 20.5. The van der Waals surface area contributed by atoms with Gasteiger partial charge in [0.25, 0.3) is 0 Å². The van der Waals surface area contributed by atoms with E-state index >= 15 is 0 Å². The second kappa shape index (κ2) is 9.28. The quantitative estimate of drug-likeness (QED) is 0.521. The van der Waals surface area contributed by atoms with Gasteiger partial charge in [0.05, 0.1) is 12.4 Å². The molecule has 0 radical (unpaired) electrons. The summed E-state index contributed by atoms with van der Waals surface area (Å²) < 4.78 is 7.23. The number of nitrogens with zero attached hydrogens (tertiary/aromatic N) is 4. The Labute approximate surface area is 171 Å². The van der Waals surface area contributed by atoms with Crippen LogP contribution < -0.4 is 4.74 Å². The van der Waals surface area contributed by atoms with Crippen LogP contribution in [0.15, 0.2) is 42.1 Å². The summed E-state index contributed by atoms with van der Waals surface area (Å²) in [6.07, 6.45) is 3.98. The van der Waals surface area contributed by atoms with E-state index in [1.165, 1.54) is 11.8 Å². The standard InChI is InChI=1S/C21H28N4O2S/c1-5-12-25-19(17-6-8-18(27-4)9-7-17)22-23-21(25)28-16(3)20(26)24-13-10-15(2)11-14-24/h5-9,15-16H,1,10-14H2,2-4H3/t16-/m1/s1. The number of carbonyl (C=O) groups is 1. The summed E-state index contributed by atoms with van der Waals surface area (Å²) in [6, 6.07) is 7.72. The summed E-state index contributed by atoms with van der Waals surface area (Å²) in [7, 11) is 1.64. The SMILES string of the molecule is C=CCn1c(S[C@H](C)C(=O)N2CCC(C)CC2)nnc1-c1ccc(OC)cc1. The van der Waals surface area contributed by atoms with Crippen LogP contribution in [0, 0.1) is 5.92 Å². The second-order valence-corrected chi connectivity index (χ2v) is 8.51. The number of allylic oxidation sites excluding steroid dienone is 1. The molecule has 0 spiro atoms. The maximum absolute atomic E-state index is 12.8. The lowest BCUT2D eigenvalue weighted by Gasteiger charge is -2.31. The van der Waals surface area contributed by atoms with Gasteiger partial charge in [-0.3, -0.25) is 9.36 Å². The third-order valence-corrected chi connectivity index (χ3v) is 6.17. The zero-order valence-corrected chi connectivity index (χ0v) is 17.6. The van der Waals surface area contributed by atoms with Gasteiger partial charge in [0.15, 0.2) is 11.0 Å². The Balaban J connectivity index is 1.76. The fourth-order valence-corrected chi connectivity index (χ4v) is 4.26. The molecule has 0 bridgehead atoms. The summed E-state index contributed by atoms with van der Waals surface area (Å²) >= 11 is 1.46. The lowest BCUT2D eigenvalue weighted by molar-refractivity contribution is -0.131. The van der Waals surface area contributed by atoms with E-state index in [0.29, 0.717) is 12.5 Å². The molecule has 1 fully saturated rings. The summed E-state index contributed by atoms with van der Waals surface area (Å²) in [6.45, 7) is 10.3. The van der Waals surface area contributed by atoms with Gasteiger partial charge in [0.1, 0.15) is 5.75 Å². The van der Waals surface area contributed by atoms with Crippen molar-refractivity contribution >= 4 is 17.7 Å². The van der Waals surface area contributed by atoms with Crippen LogP contribution in [-0.4, -0.2) is 51.0 Å². The molecule has 0 saturated carbocycles. The number of piperidine rings is 1. The number of aromatic nitrogens is 3. The van der Waals surface area contributed by atoms with Gasteiger partial charge in [-0.2, -0.15) is 0 Å². The van der Waals surface area contributed by atoms with Crippen LogP contribution >= 0.6 is 11.8 Å². The fourth-order valence-electron chi connectivity index (χ4n) is 3.32. The number of thioether (sulfide) groups is 1. The van der Waals surface area contributed by atoms with Crippen molar-refractivity contribution in [3.05, 3.63) is 36.9 Å². The minimum atomic E-state index is -0.204. The van der Waals surface area contributed by atoms with Crippen LogP contribution in [0.2, 0.25) is 0 Å². The second-order valence-electron chi connectivity index (χ2n) is 7.20. The summed E-state index contributed by atoms with van der Waals surface area (Å²) in [5.74, 6) is 2.44. The fraction of sp³-hybridized carbons (Fsp3) is 0.476. The largest absolute Gasteiger partial charge is 0.497 e. The lowest BCUT2D eigenvalue weighted by Crippen LogP contribution is -2.41. The maximum Gasteiger partial charge on any atom is 0.235 e. The van der Waals surface area contributed by atoms with Crippen LogP contribution in [-0.2, 0) is 11.3 Å². The first-order chi connectivity index (χ1) is 13.5. The molecule has 7 heteroatoms. The number of methoxy groups -OCH3 is 1. The highest BCUT2D eigenvalue weighted by Crippen LogP contribution is 2.29. The predicted octanol–water partition coefficient (Wildman–Crippen LogP) is 3.88. The smallest absolute Gasteiger partial charge is 0.235 e. The molecule has 28 heavy (non-hydrogen) atoms. The number of rotatable bonds is 7. The maximum atomic E-state index is 12.8. The molecule has 1 aliphatic heterocycles. The normalized spacial score (nSPS) is 16.0. The molecule has 1 aromatic carbocycles. The Morgan fingerprint density at radius 2 is 2.00 bits per heavy atom. The van der Waals surface area contributed by atoms with Gasteiger partial charge in [-0.1, -0.05) is 24.8 Å². The number of benzene rings is 1. The molecule has 0 aliphatic carbocycles. The average Bonchev–Trinajstić information content (AvgIpc) is 3.10. The number of hydrogen-bond donors (Lipinski definition) is 0. The third-order valence-electron chi connectivity index (χ3n) is 5.10. The Morgan fingerprint density at radius 1 is 1.32 bits per heavy atom. The van der Waals surface area contributed by atoms with Crippen molar-refractivity contribution in [2.75, 3.05) is 20.2 Å². The minimum absolute atomic E-state index is 0.177. The van der Waals surface area contributed by atoms with E-state index in [0.717, 1.165) is 48.2 Å². The van der Waals surface area contributed by atoms with Crippen molar-refractivity contribution in [3.63, 3.8) is 0 Å². The van der Waals surface area contributed by atoms with E-state index in [-0.39, 0.29) is 11.2 Å². The molecule has 0 N–H and O–H groups in total. The van der Waals surface area contributed by atoms with Crippen molar-refractivity contribution < 1.29 is 9.53 Å². The van der Waals surface area contributed by atoms with Crippen LogP contribution in [0.25, 0.3) is 11.4 Å². The van der Waals surface area contributed by atoms with E-state index in [9.17, 15) is 4.79 Å². The molecule has 2 heterocycles. The highest BCUT2D eigenvalue weighted by Gasteiger charge is 2.27. The Hall–Kier alpha value is -2.28. The molecule has 1 aliphatic rings. The summed E-state index contributed by atoms with van der Waals surface area (Å²) in [4.78, 5) is 14.8. The molecule has 1 amide bonds. The molecule has 1 atom stereocenters.